The van der Waals surface area contributed by atoms with Gasteiger partial charge in [0.2, 0.25) is 5.91 Å². The number of amides is 1. The van der Waals surface area contributed by atoms with E-state index in [0.29, 0.717) is 12.4 Å². The normalized spacial score (nSPS) is 10.4. The molecule has 134 valence electrons. The molecular formula is C20H25NO3S. The lowest BCUT2D eigenvalue weighted by Gasteiger charge is -2.09. The number of methoxy groups -OCH3 is 1. The van der Waals surface area contributed by atoms with Crippen LogP contribution in [0.1, 0.15) is 17.5 Å². The third-order valence-electron chi connectivity index (χ3n) is 3.48. The molecule has 2 aromatic carbocycles. The Morgan fingerprint density at radius 1 is 1.08 bits per heavy atom. The van der Waals surface area contributed by atoms with Crippen LogP contribution in [0.15, 0.2) is 42.5 Å². The van der Waals surface area contributed by atoms with Crippen molar-refractivity contribution >= 4 is 23.4 Å². The number of hydrogen-bond donors (Lipinski definition) is 1. The smallest absolute Gasteiger partial charge is 0.234 e. The van der Waals surface area contributed by atoms with E-state index in [1.54, 1.807) is 24.9 Å². The fraction of sp³-hybridized carbons (Fsp3) is 0.350. The lowest BCUT2D eigenvalue weighted by Crippen LogP contribution is -2.14. The summed E-state index contributed by atoms with van der Waals surface area (Å²) in [5, 5.41) is 2.87. The standard InChI is InChI=1S/C20H25NO3S/c1-15-10-16(2)12-19(11-15)24-8-5-9-25-14-20(22)21-17-6-4-7-18(13-17)23-3/h4,6-7,10-13H,5,8-9,14H2,1-3H3,(H,21,22). The molecule has 0 aliphatic rings. The molecule has 0 bridgehead atoms. The monoisotopic (exact) mass is 359 g/mol. The van der Waals surface area contributed by atoms with Gasteiger partial charge in [-0.1, -0.05) is 12.1 Å². The van der Waals surface area contributed by atoms with Crippen LogP contribution in [0.25, 0.3) is 0 Å². The van der Waals surface area contributed by atoms with Crippen LogP contribution in [0.4, 0.5) is 5.69 Å². The summed E-state index contributed by atoms with van der Waals surface area (Å²) < 4.78 is 10.9. The van der Waals surface area contributed by atoms with Gasteiger partial charge >= 0.3 is 0 Å². The zero-order valence-corrected chi connectivity index (χ0v) is 15.8. The van der Waals surface area contributed by atoms with Crippen molar-refractivity contribution in [1.82, 2.24) is 0 Å². The SMILES string of the molecule is COc1cccc(NC(=O)CSCCCOc2cc(C)cc(C)c2)c1. The predicted octanol–water partition coefficient (Wildman–Crippen LogP) is 4.45. The van der Waals surface area contributed by atoms with Crippen LogP contribution < -0.4 is 14.8 Å². The second kappa shape index (κ2) is 9.99. The summed E-state index contributed by atoms with van der Waals surface area (Å²) in [5.41, 5.74) is 3.17. The Bertz CT molecular complexity index is 683. The van der Waals surface area contributed by atoms with Gasteiger partial charge in [-0.3, -0.25) is 4.79 Å². The Hall–Kier alpha value is -2.14. The number of anilines is 1. The number of carbonyl (C=O) groups is 1. The first-order valence-corrected chi connectivity index (χ1v) is 9.45. The van der Waals surface area contributed by atoms with Crippen molar-refractivity contribution < 1.29 is 14.3 Å². The Kier molecular flexibility index (Phi) is 7.67. The maximum atomic E-state index is 11.9. The van der Waals surface area contributed by atoms with E-state index in [1.807, 2.05) is 30.3 Å². The van der Waals surface area contributed by atoms with Crippen molar-refractivity contribution in [2.75, 3.05) is 30.5 Å². The van der Waals surface area contributed by atoms with E-state index in [2.05, 4.69) is 25.2 Å². The molecule has 1 amide bonds. The molecule has 0 unspecified atom stereocenters. The number of thioether (sulfide) groups is 1. The summed E-state index contributed by atoms with van der Waals surface area (Å²) >= 11 is 1.61. The molecule has 1 N–H and O–H groups in total. The molecule has 0 heterocycles. The predicted molar refractivity (Wildman–Crippen MR) is 105 cm³/mol. The van der Waals surface area contributed by atoms with Crippen molar-refractivity contribution in [2.45, 2.75) is 20.3 Å². The molecule has 2 aromatic rings. The first kappa shape index (κ1) is 19.2. The Balaban J connectivity index is 1.61. The minimum absolute atomic E-state index is 0.00604. The van der Waals surface area contributed by atoms with E-state index in [0.717, 1.165) is 29.4 Å². The lowest BCUT2D eigenvalue weighted by atomic mass is 10.1. The molecule has 0 atom stereocenters. The first-order chi connectivity index (χ1) is 12.1. The number of carbonyl (C=O) groups excluding carboxylic acids is 1. The van der Waals surface area contributed by atoms with Gasteiger partial charge in [0.25, 0.3) is 0 Å². The summed E-state index contributed by atoms with van der Waals surface area (Å²) in [6.07, 6.45) is 0.907. The van der Waals surface area contributed by atoms with Gasteiger partial charge < -0.3 is 14.8 Å². The summed E-state index contributed by atoms with van der Waals surface area (Å²) in [6, 6.07) is 13.6. The topological polar surface area (TPSA) is 47.6 Å². The van der Waals surface area contributed by atoms with Crippen LogP contribution in [0.2, 0.25) is 0 Å². The van der Waals surface area contributed by atoms with E-state index >= 15 is 0 Å². The van der Waals surface area contributed by atoms with E-state index in [9.17, 15) is 4.79 Å². The molecule has 2 rings (SSSR count). The van der Waals surface area contributed by atoms with Gasteiger partial charge in [0.15, 0.2) is 0 Å². The zero-order valence-electron chi connectivity index (χ0n) is 15.0. The van der Waals surface area contributed by atoms with Crippen LogP contribution in [-0.2, 0) is 4.79 Å². The number of ether oxygens (including phenoxy) is 2. The van der Waals surface area contributed by atoms with E-state index < -0.39 is 0 Å². The molecule has 0 radical (unpaired) electrons. The average Bonchev–Trinajstić information content (AvgIpc) is 2.57. The summed E-state index contributed by atoms with van der Waals surface area (Å²) in [4.78, 5) is 11.9. The van der Waals surface area contributed by atoms with Gasteiger partial charge in [0.05, 0.1) is 19.5 Å². The second-order valence-corrected chi connectivity index (χ2v) is 6.96. The number of benzene rings is 2. The van der Waals surface area contributed by atoms with Crippen LogP contribution in [0.3, 0.4) is 0 Å². The van der Waals surface area contributed by atoms with Crippen molar-refractivity contribution in [2.24, 2.45) is 0 Å². The molecule has 0 saturated heterocycles. The molecule has 0 aromatic heterocycles. The maximum Gasteiger partial charge on any atom is 0.234 e. The van der Waals surface area contributed by atoms with Crippen LogP contribution in [0.5, 0.6) is 11.5 Å². The van der Waals surface area contributed by atoms with E-state index in [-0.39, 0.29) is 5.91 Å². The van der Waals surface area contributed by atoms with Gasteiger partial charge in [-0.05, 0) is 61.4 Å². The first-order valence-electron chi connectivity index (χ1n) is 8.29. The minimum atomic E-state index is -0.00604. The number of rotatable bonds is 9. The number of hydrogen-bond acceptors (Lipinski definition) is 4. The van der Waals surface area contributed by atoms with Gasteiger partial charge in [0.1, 0.15) is 11.5 Å². The lowest BCUT2D eigenvalue weighted by molar-refractivity contribution is -0.113. The average molecular weight is 359 g/mol. The van der Waals surface area contributed by atoms with E-state index in [1.165, 1.54) is 11.1 Å². The van der Waals surface area contributed by atoms with Gasteiger partial charge in [0, 0.05) is 11.8 Å². The van der Waals surface area contributed by atoms with Crippen molar-refractivity contribution in [3.05, 3.63) is 53.6 Å². The highest BCUT2D eigenvalue weighted by Crippen LogP contribution is 2.18. The van der Waals surface area contributed by atoms with Crippen LogP contribution in [0, 0.1) is 13.8 Å². The van der Waals surface area contributed by atoms with Crippen LogP contribution >= 0.6 is 11.8 Å². The quantitative estimate of drug-likeness (QED) is 0.672. The molecular weight excluding hydrogens is 334 g/mol. The highest BCUT2D eigenvalue weighted by molar-refractivity contribution is 7.99. The summed E-state index contributed by atoms with van der Waals surface area (Å²) in [5.74, 6) is 2.96. The molecule has 0 aliphatic carbocycles. The third-order valence-corrected chi connectivity index (χ3v) is 4.53. The van der Waals surface area contributed by atoms with Crippen molar-refractivity contribution in [3.8, 4) is 11.5 Å². The minimum Gasteiger partial charge on any atom is -0.497 e. The van der Waals surface area contributed by atoms with Gasteiger partial charge in [-0.25, -0.2) is 0 Å². The molecule has 0 spiro atoms. The van der Waals surface area contributed by atoms with Crippen molar-refractivity contribution in [3.63, 3.8) is 0 Å². The molecule has 4 nitrogen and oxygen atoms in total. The third kappa shape index (κ3) is 7.10. The zero-order chi connectivity index (χ0) is 18.1. The fourth-order valence-electron chi connectivity index (χ4n) is 2.43. The van der Waals surface area contributed by atoms with Gasteiger partial charge in [-0.15, -0.1) is 0 Å². The summed E-state index contributed by atoms with van der Waals surface area (Å²) in [6.45, 7) is 4.79. The number of aryl methyl sites for hydroxylation is 2. The molecule has 0 aliphatic heterocycles. The molecule has 0 saturated carbocycles. The highest BCUT2D eigenvalue weighted by Gasteiger charge is 2.04. The number of nitrogens with one attached hydrogen (secondary N) is 1. The molecule has 5 heteroatoms. The molecule has 25 heavy (non-hydrogen) atoms. The second-order valence-electron chi connectivity index (χ2n) is 5.86. The Morgan fingerprint density at radius 2 is 1.84 bits per heavy atom. The Morgan fingerprint density at radius 3 is 2.56 bits per heavy atom. The Labute approximate surface area is 153 Å². The van der Waals surface area contributed by atoms with Crippen LogP contribution in [-0.4, -0.2) is 31.1 Å². The fourth-order valence-corrected chi connectivity index (χ4v) is 3.15. The van der Waals surface area contributed by atoms with Gasteiger partial charge in [-0.2, -0.15) is 11.8 Å². The largest absolute Gasteiger partial charge is 0.497 e. The highest BCUT2D eigenvalue weighted by atomic mass is 32.2. The summed E-state index contributed by atoms with van der Waals surface area (Å²) in [7, 11) is 1.61. The van der Waals surface area contributed by atoms with E-state index in [4.69, 9.17) is 9.47 Å². The van der Waals surface area contributed by atoms with Crippen molar-refractivity contribution in [1.29, 1.82) is 0 Å². The molecule has 0 fully saturated rings. The maximum absolute atomic E-state index is 11.9.